The first-order valence-electron chi connectivity index (χ1n) is 2.04. The molecular formula is C4H3BrF4O. The van der Waals surface area contributed by atoms with Crippen molar-refractivity contribution in [1.82, 2.24) is 0 Å². The van der Waals surface area contributed by atoms with E-state index < -0.39 is 10.9 Å². The van der Waals surface area contributed by atoms with Crippen LogP contribution in [0.4, 0.5) is 17.6 Å². The number of alkyl halides is 5. The minimum atomic E-state index is -5.10. The highest BCUT2D eigenvalue weighted by Crippen LogP contribution is 2.40. The Morgan fingerprint density at radius 2 is 1.70 bits per heavy atom. The molecule has 10 heavy (non-hydrogen) atoms. The van der Waals surface area contributed by atoms with E-state index in [9.17, 15) is 17.6 Å². The van der Waals surface area contributed by atoms with E-state index in [1.165, 1.54) is 0 Å². The van der Waals surface area contributed by atoms with Crippen LogP contribution in [0.3, 0.4) is 0 Å². The molecule has 0 bridgehead atoms. The molecule has 1 unspecified atom stereocenters. The molecule has 0 radical (unpaired) electrons. The Hall–Kier alpha value is -0.260. The van der Waals surface area contributed by atoms with E-state index in [4.69, 9.17) is 0 Å². The Balaban J connectivity index is 4.23. The van der Waals surface area contributed by atoms with E-state index in [1.807, 2.05) is 0 Å². The van der Waals surface area contributed by atoms with E-state index in [1.54, 1.807) is 15.9 Å². The molecule has 1 nitrogen and oxygen atoms in total. The lowest BCUT2D eigenvalue weighted by atomic mass is 10.6. The number of hydrogen-bond donors (Lipinski definition) is 0. The summed E-state index contributed by atoms with van der Waals surface area (Å²) in [6.45, 7) is 2.77. The molecule has 0 rings (SSSR count). The van der Waals surface area contributed by atoms with Crippen molar-refractivity contribution >= 4 is 15.9 Å². The molecule has 6 heteroatoms. The first-order valence-corrected chi connectivity index (χ1v) is 2.84. The monoisotopic (exact) mass is 222 g/mol. The van der Waals surface area contributed by atoms with Crippen LogP contribution in [0.25, 0.3) is 0 Å². The predicted molar refractivity (Wildman–Crippen MR) is 30.1 cm³/mol. The average Bonchev–Trinajstić information content (AvgIpc) is 1.61. The molecule has 60 valence electrons. The SMILES string of the molecule is C=COC(F)(Br)C(F)(F)F. The fraction of sp³-hybridized carbons (Fsp3) is 0.500. The zero-order chi connectivity index (χ0) is 8.41. The molecule has 0 amide bonds. The van der Waals surface area contributed by atoms with E-state index in [0.29, 0.717) is 6.26 Å². The molecule has 0 aliphatic heterocycles. The first-order chi connectivity index (χ1) is 4.31. The van der Waals surface area contributed by atoms with Crippen LogP contribution >= 0.6 is 15.9 Å². The van der Waals surface area contributed by atoms with Gasteiger partial charge in [0.05, 0.1) is 6.26 Å². The maximum absolute atomic E-state index is 12.1. The summed E-state index contributed by atoms with van der Waals surface area (Å²) in [5, 5.41) is 0. The van der Waals surface area contributed by atoms with Crippen molar-refractivity contribution in [2.75, 3.05) is 0 Å². The van der Waals surface area contributed by atoms with Crippen LogP contribution in [-0.4, -0.2) is 10.9 Å². The molecule has 0 saturated heterocycles. The van der Waals surface area contributed by atoms with Gasteiger partial charge in [0.25, 0.3) is 0 Å². The molecule has 0 aliphatic rings. The summed E-state index contributed by atoms with van der Waals surface area (Å²) in [5.41, 5.74) is 0. The summed E-state index contributed by atoms with van der Waals surface area (Å²) >= 11 is 1.68. The molecule has 0 fully saturated rings. The van der Waals surface area contributed by atoms with Crippen molar-refractivity contribution in [3.8, 4) is 0 Å². The first kappa shape index (κ1) is 9.74. The minimum Gasteiger partial charge on any atom is -0.451 e. The van der Waals surface area contributed by atoms with Crippen molar-refractivity contribution in [3.63, 3.8) is 0 Å². The van der Waals surface area contributed by atoms with Gasteiger partial charge in [-0.1, -0.05) is 6.58 Å². The molecule has 0 aliphatic carbocycles. The highest BCUT2D eigenvalue weighted by atomic mass is 79.9. The van der Waals surface area contributed by atoms with Crippen molar-refractivity contribution in [1.29, 1.82) is 0 Å². The fourth-order valence-electron chi connectivity index (χ4n) is 0.171. The van der Waals surface area contributed by atoms with Gasteiger partial charge in [-0.05, 0) is 0 Å². The van der Waals surface area contributed by atoms with Gasteiger partial charge < -0.3 is 4.74 Å². The zero-order valence-corrected chi connectivity index (χ0v) is 6.17. The maximum atomic E-state index is 12.1. The molecule has 0 saturated carbocycles. The van der Waals surface area contributed by atoms with Gasteiger partial charge in [-0.15, -0.1) is 0 Å². The van der Waals surface area contributed by atoms with Gasteiger partial charge in [0, 0.05) is 15.9 Å². The molecule has 0 aromatic heterocycles. The number of ether oxygens (including phenoxy) is 1. The summed E-state index contributed by atoms with van der Waals surface area (Å²) in [5.74, 6) is 0. The van der Waals surface area contributed by atoms with Crippen molar-refractivity contribution in [2.24, 2.45) is 0 Å². The molecule has 0 heterocycles. The van der Waals surface area contributed by atoms with Gasteiger partial charge in [-0.25, -0.2) is 0 Å². The standard InChI is InChI=1S/C4H3BrF4O/c1-2-10-3(5,6)4(7,8)9/h2H,1H2. The minimum absolute atomic E-state index is 0.363. The highest BCUT2D eigenvalue weighted by molar-refractivity contribution is 9.10. The van der Waals surface area contributed by atoms with Crippen LogP contribution in [0.5, 0.6) is 0 Å². The third-order valence-electron chi connectivity index (χ3n) is 0.561. The normalized spacial score (nSPS) is 17.7. The van der Waals surface area contributed by atoms with Crippen molar-refractivity contribution < 1.29 is 22.3 Å². The molecule has 0 spiro atoms. The molecule has 0 aromatic carbocycles. The van der Waals surface area contributed by atoms with Crippen LogP contribution in [0, 0.1) is 0 Å². The number of rotatable bonds is 2. The van der Waals surface area contributed by atoms with Crippen LogP contribution < -0.4 is 0 Å². The summed E-state index contributed by atoms with van der Waals surface area (Å²) in [7, 11) is 0. The lowest BCUT2D eigenvalue weighted by Crippen LogP contribution is -2.35. The number of halogens is 5. The summed E-state index contributed by atoms with van der Waals surface area (Å²) in [4.78, 5) is 0. The maximum Gasteiger partial charge on any atom is 0.472 e. The largest absolute Gasteiger partial charge is 0.472 e. The smallest absolute Gasteiger partial charge is 0.451 e. The van der Waals surface area contributed by atoms with Crippen LogP contribution in [0.2, 0.25) is 0 Å². The molecule has 0 aromatic rings. The lowest BCUT2D eigenvalue weighted by Gasteiger charge is -2.19. The topological polar surface area (TPSA) is 9.23 Å². The lowest BCUT2D eigenvalue weighted by molar-refractivity contribution is -0.264. The Kier molecular flexibility index (Phi) is 2.70. The van der Waals surface area contributed by atoms with Crippen LogP contribution in [-0.2, 0) is 4.74 Å². The zero-order valence-electron chi connectivity index (χ0n) is 4.58. The Morgan fingerprint density at radius 3 is 1.80 bits per heavy atom. The average molecular weight is 223 g/mol. The van der Waals surface area contributed by atoms with Gasteiger partial charge in [0.1, 0.15) is 0 Å². The molecular weight excluding hydrogens is 220 g/mol. The van der Waals surface area contributed by atoms with Gasteiger partial charge >= 0.3 is 10.9 Å². The van der Waals surface area contributed by atoms with Gasteiger partial charge in [0.15, 0.2) is 0 Å². The van der Waals surface area contributed by atoms with Crippen molar-refractivity contribution in [2.45, 2.75) is 10.9 Å². The third-order valence-corrected chi connectivity index (χ3v) is 1.20. The summed E-state index contributed by atoms with van der Waals surface area (Å²) in [6.07, 6.45) is -4.73. The quantitative estimate of drug-likeness (QED) is 0.397. The number of hydrogen-bond acceptors (Lipinski definition) is 1. The van der Waals surface area contributed by atoms with E-state index in [2.05, 4.69) is 11.3 Å². The Labute approximate surface area is 62.8 Å². The van der Waals surface area contributed by atoms with Gasteiger partial charge in [0.2, 0.25) is 0 Å². The van der Waals surface area contributed by atoms with Crippen LogP contribution in [0.1, 0.15) is 0 Å². The highest BCUT2D eigenvalue weighted by Gasteiger charge is 2.56. The second kappa shape index (κ2) is 2.77. The van der Waals surface area contributed by atoms with Gasteiger partial charge in [-0.2, -0.15) is 17.6 Å². The Bertz CT molecular complexity index is 130. The molecule has 0 N–H and O–H groups in total. The van der Waals surface area contributed by atoms with Crippen LogP contribution in [0.15, 0.2) is 12.8 Å². The van der Waals surface area contributed by atoms with Gasteiger partial charge in [-0.3, -0.25) is 0 Å². The summed E-state index contributed by atoms with van der Waals surface area (Å²) < 4.78 is 46.0. The Morgan fingerprint density at radius 1 is 1.30 bits per heavy atom. The predicted octanol–water partition coefficient (Wildman–Crippen LogP) is 2.73. The summed E-state index contributed by atoms with van der Waals surface area (Å²) in [6, 6.07) is 0. The van der Waals surface area contributed by atoms with E-state index >= 15 is 0 Å². The second-order valence-corrected chi connectivity index (χ2v) is 2.32. The van der Waals surface area contributed by atoms with E-state index in [0.717, 1.165) is 0 Å². The van der Waals surface area contributed by atoms with Crippen molar-refractivity contribution in [3.05, 3.63) is 12.8 Å². The second-order valence-electron chi connectivity index (χ2n) is 1.30. The fourth-order valence-corrected chi connectivity index (χ4v) is 0.304. The van der Waals surface area contributed by atoms with E-state index in [-0.39, 0.29) is 0 Å². The third kappa shape index (κ3) is 2.17. The molecule has 1 atom stereocenters.